The molecule has 1 aliphatic rings. The highest BCUT2D eigenvalue weighted by molar-refractivity contribution is 6.35. The van der Waals surface area contributed by atoms with Crippen LogP contribution in [0.5, 0.6) is 0 Å². The molecule has 3 amide bonds. The molecular weight excluding hydrogens is 423 g/mol. The number of urea groups is 1. The predicted molar refractivity (Wildman–Crippen MR) is 96.0 cm³/mol. The van der Waals surface area contributed by atoms with Crippen LogP contribution in [-0.4, -0.2) is 17.5 Å². The maximum Gasteiger partial charge on any atom is 0.419 e. The molecule has 1 saturated heterocycles. The number of amides is 3. The molecule has 1 atom stereocenters. The minimum Gasteiger partial charge on any atom is -0.323 e. The first-order valence-corrected chi connectivity index (χ1v) is 8.65. The van der Waals surface area contributed by atoms with Crippen molar-refractivity contribution in [3.63, 3.8) is 0 Å². The highest BCUT2D eigenvalue weighted by Crippen LogP contribution is 2.34. The van der Waals surface area contributed by atoms with E-state index in [-0.39, 0.29) is 27.7 Å². The fourth-order valence-electron chi connectivity index (χ4n) is 3.01. The van der Waals surface area contributed by atoms with Crippen molar-refractivity contribution < 1.29 is 27.2 Å². The third kappa shape index (κ3) is 3.79. The Balaban J connectivity index is 1.90. The summed E-state index contributed by atoms with van der Waals surface area (Å²) in [5.41, 5.74) is -2.63. The second-order valence-corrected chi connectivity index (χ2v) is 7.39. The van der Waals surface area contributed by atoms with Gasteiger partial charge in [0.25, 0.3) is 5.91 Å². The second-order valence-electron chi connectivity index (χ2n) is 6.52. The van der Waals surface area contributed by atoms with Gasteiger partial charge < -0.3 is 5.32 Å². The van der Waals surface area contributed by atoms with Crippen LogP contribution in [0.2, 0.25) is 10.0 Å². The lowest BCUT2D eigenvalue weighted by Crippen LogP contribution is -2.46. The molecule has 1 aliphatic heterocycles. The van der Waals surface area contributed by atoms with Gasteiger partial charge in [0.2, 0.25) is 0 Å². The fraction of sp³-hybridized carbons (Fsp3) is 0.222. The van der Waals surface area contributed by atoms with Gasteiger partial charge in [-0.3, -0.25) is 4.79 Å². The van der Waals surface area contributed by atoms with Gasteiger partial charge in [-0.05, 0) is 42.8 Å². The van der Waals surface area contributed by atoms with E-state index in [0.29, 0.717) is 12.1 Å². The molecule has 28 heavy (non-hydrogen) atoms. The molecule has 148 valence electrons. The number of alkyl halides is 3. The molecule has 0 radical (unpaired) electrons. The normalized spacial score (nSPS) is 19.9. The van der Waals surface area contributed by atoms with Gasteiger partial charge >= 0.3 is 12.2 Å². The first-order valence-electron chi connectivity index (χ1n) is 7.89. The molecule has 10 heteroatoms. The van der Waals surface area contributed by atoms with E-state index in [1.54, 1.807) is 0 Å². The number of halogens is 6. The summed E-state index contributed by atoms with van der Waals surface area (Å²) in [6.07, 6.45) is -5.04. The standard InChI is InChI=1S/C18H12Cl2F4N2O2/c1-17(8-9-2-3-13(14(21)4-9)18(22,23)24)15(27)26(16(28)25-17)12-6-10(19)5-11(20)7-12/h2-7H,8H2,1H3,(H,25,28). The molecule has 4 nitrogen and oxygen atoms in total. The summed E-state index contributed by atoms with van der Waals surface area (Å²) in [7, 11) is 0. The van der Waals surface area contributed by atoms with Gasteiger partial charge in [0, 0.05) is 16.5 Å². The Bertz CT molecular complexity index is 960. The molecule has 1 N–H and O–H groups in total. The summed E-state index contributed by atoms with van der Waals surface area (Å²) in [6, 6.07) is 5.78. The number of carbonyl (C=O) groups excluding carboxylic acids is 2. The molecule has 0 saturated carbocycles. The van der Waals surface area contributed by atoms with Crippen LogP contribution in [0.3, 0.4) is 0 Å². The van der Waals surface area contributed by atoms with Crippen molar-refractivity contribution in [2.24, 2.45) is 0 Å². The zero-order valence-corrected chi connectivity index (χ0v) is 15.7. The van der Waals surface area contributed by atoms with Crippen molar-refractivity contribution in [2.75, 3.05) is 4.90 Å². The Morgan fingerprint density at radius 2 is 1.68 bits per heavy atom. The van der Waals surface area contributed by atoms with E-state index in [4.69, 9.17) is 23.2 Å². The Morgan fingerprint density at radius 3 is 2.21 bits per heavy atom. The molecule has 2 aromatic rings. The fourth-order valence-corrected chi connectivity index (χ4v) is 3.53. The number of rotatable bonds is 3. The van der Waals surface area contributed by atoms with Gasteiger partial charge in [-0.2, -0.15) is 13.2 Å². The third-order valence-corrected chi connectivity index (χ3v) is 4.70. The van der Waals surface area contributed by atoms with E-state index < -0.39 is 35.0 Å². The van der Waals surface area contributed by atoms with Crippen LogP contribution >= 0.6 is 23.2 Å². The highest BCUT2D eigenvalue weighted by atomic mass is 35.5. The lowest BCUT2D eigenvalue weighted by Gasteiger charge is -2.22. The van der Waals surface area contributed by atoms with Crippen molar-refractivity contribution in [3.8, 4) is 0 Å². The quantitative estimate of drug-likeness (QED) is 0.532. The number of hydrogen-bond acceptors (Lipinski definition) is 2. The summed E-state index contributed by atoms with van der Waals surface area (Å²) < 4.78 is 51.9. The number of imide groups is 1. The second kappa shape index (κ2) is 6.93. The Labute approximate surface area is 167 Å². The maximum atomic E-state index is 13.8. The van der Waals surface area contributed by atoms with Gasteiger partial charge in [0.1, 0.15) is 11.4 Å². The predicted octanol–water partition coefficient (Wildman–Crippen LogP) is 5.21. The van der Waals surface area contributed by atoms with E-state index in [2.05, 4.69) is 5.32 Å². The largest absolute Gasteiger partial charge is 0.419 e. The van der Waals surface area contributed by atoms with Gasteiger partial charge in [0.15, 0.2) is 0 Å². The van der Waals surface area contributed by atoms with Gasteiger partial charge in [-0.15, -0.1) is 0 Å². The molecule has 1 unspecified atom stereocenters. The number of carbonyl (C=O) groups is 2. The molecule has 1 heterocycles. The molecule has 3 rings (SSSR count). The van der Waals surface area contributed by atoms with Crippen molar-refractivity contribution in [3.05, 3.63) is 63.4 Å². The number of benzene rings is 2. The lowest BCUT2D eigenvalue weighted by atomic mass is 9.92. The van der Waals surface area contributed by atoms with Crippen molar-refractivity contribution in [2.45, 2.75) is 25.1 Å². The van der Waals surface area contributed by atoms with Gasteiger partial charge in [0.05, 0.1) is 11.3 Å². The van der Waals surface area contributed by atoms with E-state index in [1.807, 2.05) is 0 Å². The highest BCUT2D eigenvalue weighted by Gasteiger charge is 2.48. The lowest BCUT2D eigenvalue weighted by molar-refractivity contribution is -0.140. The Hall–Kier alpha value is -2.32. The third-order valence-electron chi connectivity index (χ3n) is 4.26. The first kappa shape index (κ1) is 20.4. The first-order chi connectivity index (χ1) is 12.9. The number of hydrogen-bond donors (Lipinski definition) is 1. The summed E-state index contributed by atoms with van der Waals surface area (Å²) in [5.74, 6) is -2.13. The minimum atomic E-state index is -4.83. The smallest absolute Gasteiger partial charge is 0.323 e. The average molecular weight is 435 g/mol. The van der Waals surface area contributed by atoms with E-state index in [9.17, 15) is 27.2 Å². The maximum absolute atomic E-state index is 13.8. The zero-order chi connectivity index (χ0) is 20.9. The zero-order valence-electron chi connectivity index (χ0n) is 14.2. The van der Waals surface area contributed by atoms with Crippen LogP contribution in [0.25, 0.3) is 0 Å². The van der Waals surface area contributed by atoms with Crippen LogP contribution in [-0.2, 0) is 17.4 Å². The summed E-state index contributed by atoms with van der Waals surface area (Å²) in [6.45, 7) is 1.40. The molecule has 0 spiro atoms. The number of nitrogens with one attached hydrogen (secondary N) is 1. The Kier molecular flexibility index (Phi) is 5.05. The summed E-state index contributed by atoms with van der Waals surface area (Å²) in [4.78, 5) is 26.0. The SMILES string of the molecule is CC1(Cc2ccc(C(F)(F)F)c(F)c2)NC(=O)N(c2cc(Cl)cc(Cl)c2)C1=O. The molecule has 0 aromatic heterocycles. The molecule has 0 bridgehead atoms. The molecular formula is C18H12Cl2F4N2O2. The van der Waals surface area contributed by atoms with E-state index >= 15 is 0 Å². The molecule has 0 aliphatic carbocycles. The topological polar surface area (TPSA) is 49.4 Å². The number of nitrogens with zero attached hydrogens (tertiary/aromatic N) is 1. The summed E-state index contributed by atoms with van der Waals surface area (Å²) in [5, 5.41) is 2.91. The number of anilines is 1. The molecule has 2 aromatic carbocycles. The average Bonchev–Trinajstić information content (AvgIpc) is 2.74. The Morgan fingerprint density at radius 1 is 1.07 bits per heavy atom. The van der Waals surface area contributed by atoms with Gasteiger partial charge in [-0.25, -0.2) is 14.1 Å². The van der Waals surface area contributed by atoms with Crippen molar-refractivity contribution in [1.82, 2.24) is 5.32 Å². The minimum absolute atomic E-state index is 0.118. The van der Waals surface area contributed by atoms with Crippen LogP contribution in [0.1, 0.15) is 18.1 Å². The monoisotopic (exact) mass is 434 g/mol. The van der Waals surface area contributed by atoms with Crippen LogP contribution in [0.4, 0.5) is 28.0 Å². The van der Waals surface area contributed by atoms with Crippen molar-refractivity contribution >= 4 is 40.8 Å². The van der Waals surface area contributed by atoms with E-state index in [0.717, 1.165) is 11.0 Å². The van der Waals surface area contributed by atoms with Crippen LogP contribution in [0.15, 0.2) is 36.4 Å². The van der Waals surface area contributed by atoms with Crippen LogP contribution in [0, 0.1) is 5.82 Å². The van der Waals surface area contributed by atoms with E-state index in [1.165, 1.54) is 25.1 Å². The summed E-state index contributed by atoms with van der Waals surface area (Å²) >= 11 is 11.8. The molecule has 1 fully saturated rings. The van der Waals surface area contributed by atoms with Crippen LogP contribution < -0.4 is 10.2 Å². The van der Waals surface area contributed by atoms with Crippen molar-refractivity contribution in [1.29, 1.82) is 0 Å². The van der Waals surface area contributed by atoms with Gasteiger partial charge in [-0.1, -0.05) is 29.3 Å².